The average molecular weight is 234 g/mol. The number of rotatable bonds is 1. The highest BCUT2D eigenvalue weighted by Gasteiger charge is 2.21. The molecule has 3 unspecified atom stereocenters. The highest BCUT2D eigenvalue weighted by atomic mass is 35.5. The van der Waals surface area contributed by atoms with Crippen LogP contribution in [0.25, 0.3) is 0 Å². The van der Waals surface area contributed by atoms with E-state index in [0.717, 1.165) is 18.9 Å². The fourth-order valence-electron chi connectivity index (χ4n) is 1.54. The summed E-state index contributed by atoms with van der Waals surface area (Å²) in [5.41, 5.74) is 0.906. The van der Waals surface area contributed by atoms with Gasteiger partial charge in [-0.05, 0) is 25.2 Å². The van der Waals surface area contributed by atoms with Crippen LogP contribution in [-0.2, 0) is 11.8 Å². The molecule has 0 heterocycles. The third-order valence-electron chi connectivity index (χ3n) is 2.10. The van der Waals surface area contributed by atoms with E-state index in [9.17, 15) is 0 Å². The molecule has 0 nitrogen and oxygen atoms in total. The summed E-state index contributed by atoms with van der Waals surface area (Å²) in [5.74, 6) is 0.958. The molecule has 3 atom stereocenters. The predicted molar refractivity (Wildman–Crippen MR) is 61.6 cm³/mol. The lowest BCUT2D eigenvalue weighted by molar-refractivity contribution is 0.394. The molecule has 1 aliphatic rings. The second kappa shape index (κ2) is 7.73. The minimum absolute atomic E-state index is 0. The van der Waals surface area contributed by atoms with Crippen molar-refractivity contribution in [3.8, 4) is 0 Å². The van der Waals surface area contributed by atoms with E-state index in [4.69, 9.17) is 11.8 Å². The third-order valence-corrected chi connectivity index (χ3v) is 3.96. The van der Waals surface area contributed by atoms with Gasteiger partial charge >= 0.3 is 0 Å². The number of halogens is 2. The minimum atomic E-state index is 0. The highest BCUT2D eigenvalue weighted by molar-refractivity contribution is 7.96. The van der Waals surface area contributed by atoms with Crippen LogP contribution in [-0.4, -0.2) is 5.66 Å². The van der Waals surface area contributed by atoms with Crippen molar-refractivity contribution in [3.05, 3.63) is 0 Å². The van der Waals surface area contributed by atoms with Gasteiger partial charge in [0.1, 0.15) is 5.66 Å². The van der Waals surface area contributed by atoms with E-state index < -0.39 is 0 Å². The first kappa shape index (κ1) is 14.6. The van der Waals surface area contributed by atoms with Gasteiger partial charge in [0.15, 0.2) is 19.2 Å². The van der Waals surface area contributed by atoms with Crippen LogP contribution in [0.15, 0.2) is 0 Å². The van der Waals surface area contributed by atoms with Crippen LogP contribution in [0.4, 0.5) is 0 Å². The fraction of sp³-hybridized carbons (Fsp3) is 1.00. The summed E-state index contributed by atoms with van der Waals surface area (Å²) < 4.78 is 0. The van der Waals surface area contributed by atoms with Crippen molar-refractivity contribution >= 4 is 44.0 Å². The molecule has 1 fully saturated rings. The number of hydrogen-bond donors (Lipinski definition) is 0. The van der Waals surface area contributed by atoms with Gasteiger partial charge in [0.25, 0.3) is 0 Å². The molecule has 1 saturated carbocycles. The molecule has 11 heavy (non-hydrogen) atoms. The van der Waals surface area contributed by atoms with Crippen molar-refractivity contribution in [3.63, 3.8) is 0 Å². The normalized spacial score (nSPS) is 30.3. The summed E-state index contributed by atoms with van der Waals surface area (Å²) in [6.07, 6.45) is 5.68. The smallest absolute Gasteiger partial charge is 0.147 e. The molecule has 0 bridgehead atoms. The molecule has 0 aromatic carbocycles. The van der Waals surface area contributed by atoms with Gasteiger partial charge in [-0.15, -0.1) is 24.8 Å². The Labute approximate surface area is 88.2 Å². The van der Waals surface area contributed by atoms with Gasteiger partial charge in [-0.2, -0.15) is 0 Å². The molecule has 4 heteroatoms. The van der Waals surface area contributed by atoms with Gasteiger partial charge in [-0.25, -0.2) is 0 Å². The van der Waals surface area contributed by atoms with Crippen molar-refractivity contribution in [2.24, 2.45) is 5.92 Å². The molecular weight excluding hydrogens is 218 g/mol. The van der Waals surface area contributed by atoms with E-state index in [2.05, 4.69) is 6.92 Å². The molecule has 0 aromatic heterocycles. The summed E-state index contributed by atoms with van der Waals surface area (Å²) in [6, 6.07) is 0. The maximum atomic E-state index is 5.05. The Bertz CT molecular complexity index is 111. The van der Waals surface area contributed by atoms with Crippen molar-refractivity contribution in [2.75, 3.05) is 0 Å². The Hall–Kier alpha value is 1.10. The maximum Gasteiger partial charge on any atom is 0.163 e. The Morgan fingerprint density at radius 3 is 2.27 bits per heavy atom. The van der Waals surface area contributed by atoms with E-state index in [1.165, 1.54) is 25.7 Å². The molecule has 0 N–H and O–H groups in total. The molecule has 0 aliphatic heterocycles. The first-order valence-corrected chi connectivity index (χ1v) is 5.91. The lowest BCUT2D eigenvalue weighted by Crippen LogP contribution is -2.12. The second-order valence-electron chi connectivity index (χ2n) is 3.09. The van der Waals surface area contributed by atoms with Crippen LogP contribution in [0, 0.1) is 5.92 Å². The highest BCUT2D eigenvalue weighted by Crippen LogP contribution is 2.30. The number of hydrogen-bond acceptors (Lipinski definition) is 1. The second-order valence-corrected chi connectivity index (χ2v) is 4.85. The van der Waals surface area contributed by atoms with E-state index in [1.807, 2.05) is 0 Å². The molecule has 0 amide bonds. The molecule has 68 valence electrons. The van der Waals surface area contributed by atoms with Gasteiger partial charge in [0.05, 0.1) is 0 Å². The zero-order valence-electron chi connectivity index (χ0n) is 6.71. The molecule has 0 saturated heterocycles. The molecule has 1 aliphatic carbocycles. The van der Waals surface area contributed by atoms with E-state index in [0.29, 0.717) is 0 Å². The monoisotopic (exact) mass is 233 g/mol. The molecule has 0 spiro atoms. The third kappa shape index (κ3) is 5.36. The first-order valence-electron chi connectivity index (χ1n) is 3.70. The maximum absolute atomic E-state index is 5.05. The van der Waals surface area contributed by atoms with Crippen LogP contribution >= 0.6 is 32.2 Å². The summed E-state index contributed by atoms with van der Waals surface area (Å²) in [6.45, 7) is 2.35. The van der Waals surface area contributed by atoms with E-state index >= 15 is 0 Å². The largest absolute Gasteiger partial charge is 0.163 e. The van der Waals surface area contributed by atoms with Gasteiger partial charge in [-0.3, -0.25) is 0 Å². The van der Waals surface area contributed by atoms with Gasteiger partial charge < -0.3 is 0 Å². The zero-order chi connectivity index (χ0) is 6.69. The minimum Gasteiger partial charge on any atom is -0.147 e. The van der Waals surface area contributed by atoms with Gasteiger partial charge in [0.2, 0.25) is 0 Å². The molecule has 0 aromatic rings. The first-order chi connectivity index (χ1) is 4.33. The van der Waals surface area contributed by atoms with Crippen LogP contribution in [0.2, 0.25) is 0 Å². The average Bonchev–Trinajstić information content (AvgIpc) is 1.88. The Morgan fingerprint density at radius 1 is 1.27 bits per heavy atom. The topological polar surface area (TPSA) is 0 Å². The Balaban J connectivity index is 0. The lowest BCUT2D eigenvalue weighted by atomic mass is 9.91. The summed E-state index contributed by atoms with van der Waals surface area (Å²) in [4.78, 5) is 0. The predicted octanol–water partition coefficient (Wildman–Crippen LogP) is 3.55. The molecule has 0 radical (unpaired) electrons. The van der Waals surface area contributed by atoms with Crippen LogP contribution < -0.4 is 0 Å². The summed E-state index contributed by atoms with van der Waals surface area (Å²) in [5, 5.41) is 0. The molecule has 1 rings (SSSR count). The zero-order valence-corrected chi connectivity index (χ0v) is 10.2. The Morgan fingerprint density at radius 2 is 1.91 bits per heavy atom. The van der Waals surface area contributed by atoms with Crippen molar-refractivity contribution in [1.29, 1.82) is 0 Å². The SMILES string of the molecule is CC1CCCC([PH+]=S)C1.Cl.Cl. The van der Waals surface area contributed by atoms with Crippen LogP contribution in [0.5, 0.6) is 0 Å². The molecular formula is C7H16Cl2PS+. The quantitative estimate of drug-likeness (QED) is 0.625. The van der Waals surface area contributed by atoms with E-state index in [1.54, 1.807) is 0 Å². The van der Waals surface area contributed by atoms with Crippen LogP contribution in [0.1, 0.15) is 32.6 Å². The standard InChI is InChI=1S/C7H13PS.2ClH/c1-6-3-2-4-7(5-6)8-9;;/h6-7H,2-5H2,1H3;2*1H/p+1. The van der Waals surface area contributed by atoms with Crippen molar-refractivity contribution < 1.29 is 0 Å². The van der Waals surface area contributed by atoms with Crippen LogP contribution in [0.3, 0.4) is 0 Å². The van der Waals surface area contributed by atoms with Gasteiger partial charge in [-0.1, -0.05) is 13.3 Å². The van der Waals surface area contributed by atoms with Crippen molar-refractivity contribution in [2.45, 2.75) is 38.3 Å². The van der Waals surface area contributed by atoms with Gasteiger partial charge in [0, 0.05) is 0 Å². The lowest BCUT2D eigenvalue weighted by Gasteiger charge is -2.18. The van der Waals surface area contributed by atoms with Crippen molar-refractivity contribution in [1.82, 2.24) is 0 Å². The Kier molecular flexibility index (Phi) is 10.3. The fourth-order valence-corrected chi connectivity index (χ4v) is 3.00. The van der Waals surface area contributed by atoms with E-state index in [-0.39, 0.29) is 24.8 Å². The summed E-state index contributed by atoms with van der Waals surface area (Å²) in [7, 11) is 0.776. The summed E-state index contributed by atoms with van der Waals surface area (Å²) >= 11 is 5.05.